The number of aromatic nitrogens is 1. The van der Waals surface area contributed by atoms with Crippen LogP contribution in [0.5, 0.6) is 0 Å². The minimum atomic E-state index is -2.95. The molecule has 6 nitrogen and oxygen atoms in total. The van der Waals surface area contributed by atoms with Crippen molar-refractivity contribution in [3.05, 3.63) is 35.5 Å². The maximum absolute atomic E-state index is 12.9. The van der Waals surface area contributed by atoms with Gasteiger partial charge < -0.3 is 9.88 Å². The predicted octanol–water partition coefficient (Wildman–Crippen LogP) is 2.16. The SMILES string of the molecule is CC(=O)c1ccc2cc(C(=O)N3CCC34CCS(=O)(=O)CC4)[nH]c2c1. The molecule has 1 aromatic carbocycles. The normalized spacial score (nSPS) is 21.2. The summed E-state index contributed by atoms with van der Waals surface area (Å²) in [5, 5.41) is 0.883. The van der Waals surface area contributed by atoms with Crippen LogP contribution in [0.3, 0.4) is 0 Å². The number of H-pyrrole nitrogens is 1. The van der Waals surface area contributed by atoms with Gasteiger partial charge in [0.15, 0.2) is 5.78 Å². The first kappa shape index (κ1) is 16.3. The van der Waals surface area contributed by atoms with Crippen molar-refractivity contribution in [3.8, 4) is 0 Å². The number of nitrogens with zero attached hydrogens (tertiary/aromatic N) is 1. The number of Topliss-reactive ketones (excluding diaryl/α,β-unsaturated/α-hetero) is 1. The lowest BCUT2D eigenvalue weighted by molar-refractivity contribution is -0.00879. The molecule has 0 saturated carbocycles. The quantitative estimate of drug-likeness (QED) is 0.832. The maximum atomic E-state index is 12.9. The molecule has 1 N–H and O–H groups in total. The predicted molar refractivity (Wildman–Crippen MR) is 94.6 cm³/mol. The van der Waals surface area contributed by atoms with Crippen LogP contribution in [0.4, 0.5) is 0 Å². The fourth-order valence-corrected chi connectivity index (χ4v) is 5.49. The number of amides is 1. The summed E-state index contributed by atoms with van der Waals surface area (Å²) in [5.41, 5.74) is 1.55. The first-order chi connectivity index (χ1) is 11.8. The standard InChI is InChI=1S/C18H20N2O4S/c1-12(21)13-2-3-14-11-16(19-15(14)10-13)17(22)20-7-4-18(20)5-8-25(23,24)9-6-18/h2-3,10-11,19H,4-9H2,1H3. The molecule has 0 bridgehead atoms. The minimum Gasteiger partial charge on any atom is -0.351 e. The van der Waals surface area contributed by atoms with E-state index in [4.69, 9.17) is 0 Å². The molecule has 3 heterocycles. The Hall–Kier alpha value is -2.15. The van der Waals surface area contributed by atoms with Gasteiger partial charge >= 0.3 is 0 Å². The number of rotatable bonds is 2. The number of aromatic amines is 1. The van der Waals surface area contributed by atoms with Crippen LogP contribution in [0.2, 0.25) is 0 Å². The van der Waals surface area contributed by atoms with Crippen molar-refractivity contribution in [2.75, 3.05) is 18.1 Å². The van der Waals surface area contributed by atoms with Gasteiger partial charge in [-0.05, 0) is 38.3 Å². The zero-order valence-corrected chi connectivity index (χ0v) is 14.9. The summed E-state index contributed by atoms with van der Waals surface area (Å²) in [6, 6.07) is 7.14. The Kier molecular flexibility index (Phi) is 3.54. The number of sulfone groups is 1. The average Bonchev–Trinajstić information content (AvgIpc) is 2.97. The van der Waals surface area contributed by atoms with Crippen molar-refractivity contribution in [2.24, 2.45) is 0 Å². The van der Waals surface area contributed by atoms with Crippen LogP contribution in [0, 0.1) is 0 Å². The van der Waals surface area contributed by atoms with E-state index in [2.05, 4.69) is 4.98 Å². The van der Waals surface area contributed by atoms with Gasteiger partial charge in [0.1, 0.15) is 15.5 Å². The summed E-state index contributed by atoms with van der Waals surface area (Å²) in [7, 11) is -2.95. The maximum Gasteiger partial charge on any atom is 0.270 e. The van der Waals surface area contributed by atoms with Crippen LogP contribution in [-0.2, 0) is 9.84 Å². The van der Waals surface area contributed by atoms with E-state index in [1.165, 1.54) is 6.92 Å². The van der Waals surface area contributed by atoms with E-state index in [0.29, 0.717) is 30.6 Å². The lowest BCUT2D eigenvalue weighted by atomic mass is 9.79. The van der Waals surface area contributed by atoms with Gasteiger partial charge in [0.05, 0.1) is 11.5 Å². The number of hydrogen-bond acceptors (Lipinski definition) is 4. The lowest BCUT2D eigenvalue weighted by Crippen LogP contribution is -2.64. The van der Waals surface area contributed by atoms with Gasteiger partial charge in [-0.15, -0.1) is 0 Å². The smallest absolute Gasteiger partial charge is 0.270 e. The highest BCUT2D eigenvalue weighted by Gasteiger charge is 2.50. The van der Waals surface area contributed by atoms with Crippen molar-refractivity contribution < 1.29 is 18.0 Å². The van der Waals surface area contributed by atoms with E-state index < -0.39 is 9.84 Å². The molecule has 25 heavy (non-hydrogen) atoms. The molecule has 2 fully saturated rings. The molecular formula is C18H20N2O4S. The van der Waals surface area contributed by atoms with Crippen LogP contribution in [-0.4, -0.2) is 53.6 Å². The van der Waals surface area contributed by atoms with Crippen LogP contribution in [0.1, 0.15) is 47.0 Å². The Morgan fingerprint density at radius 1 is 1.12 bits per heavy atom. The number of hydrogen-bond donors (Lipinski definition) is 1. The topological polar surface area (TPSA) is 87.3 Å². The Balaban J connectivity index is 1.61. The minimum absolute atomic E-state index is 0.0190. The number of carbonyl (C=O) groups excluding carboxylic acids is 2. The third-order valence-corrected chi connectivity index (χ3v) is 7.29. The Morgan fingerprint density at radius 3 is 2.44 bits per heavy atom. The summed E-state index contributed by atoms with van der Waals surface area (Å²) in [4.78, 5) is 29.4. The van der Waals surface area contributed by atoms with Crippen molar-refractivity contribution in [1.82, 2.24) is 9.88 Å². The van der Waals surface area contributed by atoms with Gasteiger partial charge in [0.2, 0.25) is 0 Å². The van der Waals surface area contributed by atoms with Crippen molar-refractivity contribution in [2.45, 2.75) is 31.7 Å². The number of carbonyl (C=O) groups is 2. The van der Waals surface area contributed by atoms with Crippen LogP contribution in [0.25, 0.3) is 10.9 Å². The summed E-state index contributed by atoms with van der Waals surface area (Å²) in [6.07, 6.45) is 1.91. The molecular weight excluding hydrogens is 340 g/mol. The third kappa shape index (κ3) is 2.66. The van der Waals surface area contributed by atoms with Crippen LogP contribution < -0.4 is 0 Å². The molecule has 132 valence electrons. The zero-order valence-electron chi connectivity index (χ0n) is 14.0. The van der Waals surface area contributed by atoms with Gasteiger partial charge in [-0.2, -0.15) is 0 Å². The summed E-state index contributed by atoms with van der Waals surface area (Å²) < 4.78 is 23.4. The van der Waals surface area contributed by atoms with E-state index in [0.717, 1.165) is 17.3 Å². The highest BCUT2D eigenvalue weighted by molar-refractivity contribution is 7.91. The van der Waals surface area contributed by atoms with E-state index in [9.17, 15) is 18.0 Å². The highest BCUT2D eigenvalue weighted by atomic mass is 32.2. The molecule has 4 rings (SSSR count). The number of likely N-dealkylation sites (tertiary alicyclic amines) is 1. The van der Waals surface area contributed by atoms with Gasteiger partial charge in [0.25, 0.3) is 5.91 Å². The molecule has 1 spiro atoms. The largest absolute Gasteiger partial charge is 0.351 e. The van der Waals surface area contributed by atoms with Crippen molar-refractivity contribution >= 4 is 32.4 Å². The van der Waals surface area contributed by atoms with E-state index in [1.54, 1.807) is 18.2 Å². The van der Waals surface area contributed by atoms with Gasteiger partial charge in [-0.25, -0.2) is 8.42 Å². The summed E-state index contributed by atoms with van der Waals surface area (Å²) in [6.45, 7) is 2.17. The second kappa shape index (κ2) is 5.42. The molecule has 2 aliphatic heterocycles. The molecule has 0 aliphatic carbocycles. The number of benzene rings is 1. The molecule has 0 unspecified atom stereocenters. The van der Waals surface area contributed by atoms with E-state index in [1.807, 2.05) is 11.0 Å². The average molecular weight is 360 g/mol. The Morgan fingerprint density at radius 2 is 1.84 bits per heavy atom. The van der Waals surface area contributed by atoms with Gasteiger partial charge in [-0.3, -0.25) is 9.59 Å². The molecule has 1 aromatic heterocycles. The lowest BCUT2D eigenvalue weighted by Gasteiger charge is -2.54. The fourth-order valence-electron chi connectivity index (χ4n) is 3.90. The van der Waals surface area contributed by atoms with Crippen LogP contribution >= 0.6 is 0 Å². The third-order valence-electron chi connectivity index (χ3n) is 5.63. The number of fused-ring (bicyclic) bond motifs is 1. The number of ketones is 1. The summed E-state index contributed by atoms with van der Waals surface area (Å²) >= 11 is 0. The monoisotopic (exact) mass is 360 g/mol. The molecule has 2 saturated heterocycles. The molecule has 2 aliphatic rings. The highest BCUT2D eigenvalue weighted by Crippen LogP contribution is 2.41. The molecule has 1 amide bonds. The fraction of sp³-hybridized carbons (Fsp3) is 0.444. The number of nitrogens with one attached hydrogen (secondary N) is 1. The van der Waals surface area contributed by atoms with Gasteiger partial charge in [-0.1, -0.05) is 12.1 Å². The van der Waals surface area contributed by atoms with E-state index >= 15 is 0 Å². The van der Waals surface area contributed by atoms with E-state index in [-0.39, 0.29) is 28.7 Å². The van der Waals surface area contributed by atoms with Gasteiger partial charge in [0, 0.05) is 28.6 Å². The van der Waals surface area contributed by atoms with Crippen molar-refractivity contribution in [3.63, 3.8) is 0 Å². The zero-order chi connectivity index (χ0) is 17.8. The molecule has 2 aromatic rings. The first-order valence-corrected chi connectivity index (χ1v) is 10.3. The van der Waals surface area contributed by atoms with Crippen molar-refractivity contribution in [1.29, 1.82) is 0 Å². The summed E-state index contributed by atoms with van der Waals surface area (Å²) in [5.74, 6) is 0.206. The molecule has 0 atom stereocenters. The van der Waals surface area contributed by atoms with Crippen LogP contribution in [0.15, 0.2) is 24.3 Å². The second-order valence-electron chi connectivity index (χ2n) is 7.12. The Bertz CT molecular complexity index is 976. The Labute approximate surface area is 146 Å². The first-order valence-electron chi connectivity index (χ1n) is 8.46. The molecule has 7 heteroatoms. The molecule has 0 radical (unpaired) electrons. The second-order valence-corrected chi connectivity index (χ2v) is 9.43.